The lowest BCUT2D eigenvalue weighted by Crippen LogP contribution is -2.55. The zero-order chi connectivity index (χ0) is 41.3. The van der Waals surface area contributed by atoms with Crippen molar-refractivity contribution in [2.45, 2.75) is 49.4 Å². The number of Topliss-reactive ketones (excluding diaryl/α,β-unsaturated/α-hetero) is 1. The number of carbonyl (C=O) groups is 4. The van der Waals surface area contributed by atoms with Crippen LogP contribution in [0.15, 0.2) is 84.9 Å². The van der Waals surface area contributed by atoms with Gasteiger partial charge in [-0.15, -0.1) is 0 Å². The van der Waals surface area contributed by atoms with E-state index in [-0.39, 0.29) is 18.2 Å². The molecule has 0 atom stereocenters. The van der Waals surface area contributed by atoms with Crippen molar-refractivity contribution >= 4 is 29.2 Å². The molecule has 0 bridgehead atoms. The Labute approximate surface area is 302 Å². The van der Waals surface area contributed by atoms with E-state index in [0.717, 1.165) is 26.1 Å². The number of nitrogens with zero attached hydrogens (tertiary/aromatic N) is 1. The number of amides is 3. The number of alkyl halides is 12. The number of nitrogens with one attached hydrogen (secondary N) is 1. The molecule has 0 spiro atoms. The van der Waals surface area contributed by atoms with E-state index < -0.39 is 109 Å². The first-order valence-electron chi connectivity index (χ1n) is 15.6. The molecule has 6 nitrogen and oxygen atoms in total. The second-order valence-electron chi connectivity index (χ2n) is 12.6. The number of hydrogen-bond donors (Lipinski definition) is 1. The summed E-state index contributed by atoms with van der Waals surface area (Å²) in [7, 11) is 0.955. The third-order valence-electron chi connectivity index (χ3n) is 9.36. The largest absolute Gasteiger partial charge is 0.411 e. The third kappa shape index (κ3) is 6.30. The molecule has 5 rings (SSSR count). The van der Waals surface area contributed by atoms with Crippen LogP contribution in [0, 0.1) is 6.92 Å². The van der Waals surface area contributed by atoms with Gasteiger partial charge in [-0.05, 0) is 66.4 Å². The van der Waals surface area contributed by atoms with Crippen molar-refractivity contribution in [3.63, 3.8) is 0 Å². The predicted molar refractivity (Wildman–Crippen MR) is 171 cm³/mol. The summed E-state index contributed by atoms with van der Waals surface area (Å²) < 4.78 is 177. The maximum atomic E-state index is 15.0. The van der Waals surface area contributed by atoms with E-state index >= 15 is 26.3 Å². The van der Waals surface area contributed by atoms with Crippen molar-refractivity contribution in [3.8, 4) is 0 Å². The molecule has 0 radical (unpaired) electrons. The fourth-order valence-corrected chi connectivity index (χ4v) is 6.64. The van der Waals surface area contributed by atoms with Crippen molar-refractivity contribution in [2.75, 3.05) is 12.4 Å². The summed E-state index contributed by atoms with van der Waals surface area (Å²) >= 11 is 0. The fourth-order valence-electron chi connectivity index (χ4n) is 6.64. The quantitative estimate of drug-likeness (QED) is 0.115. The van der Waals surface area contributed by atoms with Crippen LogP contribution in [0.5, 0.6) is 0 Å². The van der Waals surface area contributed by atoms with E-state index in [9.17, 15) is 45.5 Å². The summed E-state index contributed by atoms with van der Waals surface area (Å²) in [5.74, 6) is -4.78. The highest BCUT2D eigenvalue weighted by Crippen LogP contribution is 2.58. The van der Waals surface area contributed by atoms with Crippen LogP contribution in [0.3, 0.4) is 0 Å². The number of rotatable bonds is 7. The average molecular weight is 789 g/mol. The van der Waals surface area contributed by atoms with Gasteiger partial charge in [-0.2, -0.15) is 52.7 Å². The fraction of sp³-hybridized carbons (Fsp3) is 0.243. The predicted octanol–water partition coefficient (Wildman–Crippen LogP) is 9.50. The van der Waals surface area contributed by atoms with Crippen LogP contribution in [0.1, 0.15) is 76.2 Å². The number of ketones is 1. The highest BCUT2D eigenvalue weighted by atomic mass is 19.4. The molecule has 4 aromatic rings. The van der Waals surface area contributed by atoms with Crippen LogP contribution >= 0.6 is 0 Å². The maximum Gasteiger partial charge on any atom is 0.411 e. The second kappa shape index (κ2) is 13.3. The summed E-state index contributed by atoms with van der Waals surface area (Å²) in [5, 5.41) is 2.00. The standard InChI is InChI=1S/C37H24F12N2O4/c1-18-4-6-20(7-5-18)32(34(38,39)40,35(41,42)43)21-8-12-24(13-9-21)50-29(53)27-16-22(10-14-25(27)19(2)52)33(36(44,45)46,37(47,48)49)23-11-15-26-28(17-23)31(55)51(3)30(26)54/h4-17H,1-3H3,(H,50,53). The van der Waals surface area contributed by atoms with Crippen LogP contribution in [0.2, 0.25) is 0 Å². The van der Waals surface area contributed by atoms with Crippen LogP contribution in [-0.4, -0.2) is 60.2 Å². The topological polar surface area (TPSA) is 83.6 Å². The molecular formula is C37H24F12N2O4. The minimum atomic E-state index is -6.26. The molecule has 0 fully saturated rings. The van der Waals surface area contributed by atoms with Gasteiger partial charge in [0.1, 0.15) is 0 Å². The van der Waals surface area contributed by atoms with Gasteiger partial charge in [-0.3, -0.25) is 24.1 Å². The highest BCUT2D eigenvalue weighted by molar-refractivity contribution is 6.21. The zero-order valence-electron chi connectivity index (χ0n) is 28.2. The molecule has 0 saturated heterocycles. The van der Waals surface area contributed by atoms with E-state index in [0.29, 0.717) is 65.1 Å². The summed E-state index contributed by atoms with van der Waals surface area (Å²) in [5.41, 5.74) is -18.6. The minimum Gasteiger partial charge on any atom is -0.322 e. The zero-order valence-corrected chi connectivity index (χ0v) is 28.2. The van der Waals surface area contributed by atoms with Gasteiger partial charge in [0.2, 0.25) is 10.8 Å². The molecule has 0 aromatic heterocycles. The number of anilines is 1. The molecule has 0 aliphatic carbocycles. The molecule has 55 heavy (non-hydrogen) atoms. The summed E-state index contributed by atoms with van der Waals surface area (Å²) in [6.45, 7) is 2.25. The van der Waals surface area contributed by atoms with Gasteiger partial charge in [-0.25, -0.2) is 0 Å². The first-order valence-corrected chi connectivity index (χ1v) is 15.6. The van der Waals surface area contributed by atoms with Crippen LogP contribution < -0.4 is 5.32 Å². The maximum absolute atomic E-state index is 15.0. The van der Waals surface area contributed by atoms with Gasteiger partial charge in [0, 0.05) is 18.3 Å². The summed E-state index contributed by atoms with van der Waals surface area (Å²) in [4.78, 5) is 51.3. The number of fused-ring (bicyclic) bond motifs is 1. The number of aryl methyl sites for hydroxylation is 1. The highest BCUT2D eigenvalue weighted by Gasteiger charge is 2.74. The van der Waals surface area contributed by atoms with Crippen LogP contribution in [0.25, 0.3) is 0 Å². The van der Waals surface area contributed by atoms with Crippen molar-refractivity contribution in [1.82, 2.24) is 4.90 Å². The molecule has 3 amide bonds. The van der Waals surface area contributed by atoms with Crippen molar-refractivity contribution in [2.24, 2.45) is 0 Å². The minimum absolute atomic E-state index is 0.115. The second-order valence-corrected chi connectivity index (χ2v) is 12.6. The number of imide groups is 1. The lowest BCUT2D eigenvalue weighted by molar-refractivity contribution is -0.290. The van der Waals surface area contributed by atoms with E-state index in [1.807, 2.05) is 5.32 Å². The van der Waals surface area contributed by atoms with E-state index in [1.54, 1.807) is 0 Å². The summed E-state index contributed by atoms with van der Waals surface area (Å²) in [6, 6.07) is 7.40. The smallest absolute Gasteiger partial charge is 0.322 e. The SMILES string of the molecule is CC(=O)c1ccc(C(c2ccc3c(c2)C(=O)N(C)C3=O)(C(F)(F)F)C(F)(F)F)cc1C(=O)Nc1ccc(C(c2ccc(C)cc2)(C(F)(F)F)C(F)(F)F)cc1. The van der Waals surface area contributed by atoms with E-state index in [4.69, 9.17) is 0 Å². The Morgan fingerprint density at radius 1 is 0.527 bits per heavy atom. The monoisotopic (exact) mass is 788 g/mol. The Balaban J connectivity index is 1.64. The van der Waals surface area contributed by atoms with E-state index in [2.05, 4.69) is 0 Å². The number of carbonyl (C=O) groups excluding carboxylic acids is 4. The Morgan fingerprint density at radius 3 is 1.40 bits per heavy atom. The Hall–Kier alpha value is -5.68. The number of halogens is 12. The van der Waals surface area contributed by atoms with Crippen molar-refractivity contribution in [1.29, 1.82) is 0 Å². The first-order chi connectivity index (χ1) is 25.2. The molecule has 0 unspecified atom stereocenters. The lowest BCUT2D eigenvalue weighted by atomic mass is 9.71. The van der Waals surface area contributed by atoms with Gasteiger partial charge in [-0.1, -0.05) is 60.2 Å². The Morgan fingerprint density at radius 2 is 0.927 bits per heavy atom. The third-order valence-corrected chi connectivity index (χ3v) is 9.36. The molecule has 0 saturated carbocycles. The van der Waals surface area contributed by atoms with Gasteiger partial charge in [0.15, 0.2) is 5.78 Å². The molecule has 1 aliphatic rings. The number of benzene rings is 4. The van der Waals surface area contributed by atoms with Gasteiger partial charge in [0.25, 0.3) is 17.7 Å². The van der Waals surface area contributed by atoms with Crippen LogP contribution in [0.4, 0.5) is 58.4 Å². The molecule has 290 valence electrons. The lowest BCUT2D eigenvalue weighted by Gasteiger charge is -2.38. The average Bonchev–Trinajstić information content (AvgIpc) is 3.27. The van der Waals surface area contributed by atoms with Crippen molar-refractivity contribution in [3.05, 3.63) is 135 Å². The van der Waals surface area contributed by atoms with Crippen molar-refractivity contribution < 1.29 is 71.9 Å². The summed E-state index contributed by atoms with van der Waals surface area (Å²) in [6.07, 6.45) is -24.5. The molecular weight excluding hydrogens is 764 g/mol. The normalized spacial score (nSPS) is 14.3. The molecule has 18 heteroatoms. The molecule has 1 aliphatic heterocycles. The first kappa shape index (κ1) is 40.5. The molecule has 1 N–H and O–H groups in total. The van der Waals surface area contributed by atoms with Gasteiger partial charge in [0.05, 0.1) is 16.7 Å². The number of hydrogen-bond acceptors (Lipinski definition) is 4. The van der Waals surface area contributed by atoms with Gasteiger partial charge < -0.3 is 5.32 Å². The van der Waals surface area contributed by atoms with E-state index in [1.165, 1.54) is 6.92 Å². The van der Waals surface area contributed by atoms with Crippen LogP contribution in [-0.2, 0) is 10.8 Å². The molecule has 1 heterocycles. The molecule has 4 aromatic carbocycles. The Bertz CT molecular complexity index is 2170. The Kier molecular flexibility index (Phi) is 9.77. The van der Waals surface area contributed by atoms with Gasteiger partial charge >= 0.3 is 24.7 Å².